The second-order valence-electron chi connectivity index (χ2n) is 4.48. The van der Waals surface area contributed by atoms with Crippen LogP contribution in [0.15, 0.2) is 23.1 Å². The number of rotatable bonds is 2. The Morgan fingerprint density at radius 3 is 2.26 bits per heavy atom. The van der Waals surface area contributed by atoms with Gasteiger partial charge in [-0.05, 0) is 24.3 Å². The molecule has 102 valence electrons. The van der Waals surface area contributed by atoms with Crippen LogP contribution < -0.4 is 0 Å². The number of nitro benzene ring substituents is 1. The van der Waals surface area contributed by atoms with Crippen molar-refractivity contribution in [2.24, 2.45) is 0 Å². The molecule has 0 unspecified atom stereocenters. The number of hydrogen-bond donors (Lipinski definition) is 0. The maximum Gasteiger partial charge on any atom is 0.314 e. The molecule has 0 fully saturated rings. The summed E-state index contributed by atoms with van der Waals surface area (Å²) in [5.74, 6) is 0. The predicted octanol–water partition coefficient (Wildman–Crippen LogP) is 1.03. The molecule has 1 aromatic rings. The van der Waals surface area contributed by atoms with Gasteiger partial charge in [0.1, 0.15) is 10.4 Å². The molecule has 1 heterocycles. The molecule has 0 saturated heterocycles. The lowest BCUT2D eigenvalue weighted by Gasteiger charge is -2.21. The summed E-state index contributed by atoms with van der Waals surface area (Å²) in [5.41, 5.74) is -1.66. The molecular weight excluding hydrogens is 278 g/mol. The zero-order valence-electron chi connectivity index (χ0n) is 9.93. The van der Waals surface area contributed by atoms with E-state index in [0.29, 0.717) is 0 Å². The van der Waals surface area contributed by atoms with Crippen LogP contribution >= 0.6 is 0 Å². The van der Waals surface area contributed by atoms with Crippen molar-refractivity contribution in [1.29, 1.82) is 0 Å². The van der Waals surface area contributed by atoms with E-state index in [-0.39, 0.29) is 9.98 Å². The van der Waals surface area contributed by atoms with Crippen LogP contribution in [-0.2, 0) is 15.6 Å². The topological polar surface area (TPSA) is 124 Å². The maximum atomic E-state index is 12.1. The van der Waals surface area contributed by atoms with Gasteiger partial charge in [0.2, 0.25) is 0 Å². The van der Waals surface area contributed by atoms with Crippen LogP contribution in [0.25, 0.3) is 0 Å². The van der Waals surface area contributed by atoms with Gasteiger partial charge >= 0.3 is 10.0 Å². The van der Waals surface area contributed by atoms with E-state index in [1.54, 1.807) is 0 Å². The summed E-state index contributed by atoms with van der Waals surface area (Å²) in [6.07, 6.45) is 0. The van der Waals surface area contributed by atoms with Crippen molar-refractivity contribution in [3.05, 3.63) is 44.0 Å². The van der Waals surface area contributed by atoms with Crippen LogP contribution in [-0.4, -0.2) is 22.8 Å². The van der Waals surface area contributed by atoms with E-state index < -0.39 is 36.1 Å². The highest BCUT2D eigenvalue weighted by atomic mass is 32.2. The van der Waals surface area contributed by atoms with Crippen LogP contribution in [0.4, 0.5) is 5.69 Å². The number of sulfonamides is 1. The third-order valence-electron chi connectivity index (χ3n) is 2.97. The fourth-order valence-electron chi connectivity index (χ4n) is 2.13. The smallest absolute Gasteiger partial charge is 0.258 e. The number of nitro groups is 2. The summed E-state index contributed by atoms with van der Waals surface area (Å²) in [7, 11) is -4.38. The molecule has 10 heteroatoms. The number of fused-ring (bicyclic) bond motifs is 1. The lowest BCUT2D eigenvalue weighted by atomic mass is 9.95. The molecule has 0 aliphatic carbocycles. The third-order valence-corrected chi connectivity index (χ3v) is 4.91. The Hall–Kier alpha value is -2.23. The third kappa shape index (κ3) is 1.63. The van der Waals surface area contributed by atoms with E-state index >= 15 is 0 Å². The molecule has 1 aliphatic heterocycles. The van der Waals surface area contributed by atoms with E-state index in [9.17, 15) is 28.6 Å². The fourth-order valence-corrected chi connectivity index (χ4v) is 4.06. The monoisotopic (exact) mass is 287 g/mol. The van der Waals surface area contributed by atoms with Crippen LogP contribution in [0.5, 0.6) is 0 Å². The Labute approximate surface area is 107 Å². The van der Waals surface area contributed by atoms with Crippen LogP contribution in [0.2, 0.25) is 0 Å². The Bertz CT molecular complexity index is 696. The minimum atomic E-state index is -4.38. The minimum absolute atomic E-state index is 0.119. The molecule has 19 heavy (non-hydrogen) atoms. The van der Waals surface area contributed by atoms with E-state index in [2.05, 4.69) is 0 Å². The van der Waals surface area contributed by atoms with Crippen LogP contribution in [0.3, 0.4) is 0 Å². The molecule has 0 bridgehead atoms. The van der Waals surface area contributed by atoms with Crippen molar-refractivity contribution in [2.45, 2.75) is 24.3 Å². The first kappa shape index (κ1) is 13.2. The molecule has 0 radical (unpaired) electrons. The first-order chi connectivity index (χ1) is 8.60. The first-order valence-corrected chi connectivity index (χ1v) is 6.53. The summed E-state index contributed by atoms with van der Waals surface area (Å²) in [4.78, 5) is 20.4. The maximum absolute atomic E-state index is 12.1. The highest BCUT2D eigenvalue weighted by molar-refractivity contribution is 7.89. The van der Waals surface area contributed by atoms with Crippen molar-refractivity contribution in [2.75, 3.05) is 0 Å². The molecule has 0 atom stereocenters. The van der Waals surface area contributed by atoms with Gasteiger partial charge < -0.3 is 0 Å². The van der Waals surface area contributed by atoms with E-state index in [4.69, 9.17) is 0 Å². The molecule has 9 nitrogen and oxygen atoms in total. The summed E-state index contributed by atoms with van der Waals surface area (Å²) < 4.78 is 24.3. The minimum Gasteiger partial charge on any atom is -0.258 e. The van der Waals surface area contributed by atoms with Crippen LogP contribution in [0.1, 0.15) is 19.4 Å². The summed E-state index contributed by atoms with van der Waals surface area (Å²) in [5, 5.41) is 20.6. The van der Waals surface area contributed by atoms with E-state index in [1.165, 1.54) is 19.9 Å². The van der Waals surface area contributed by atoms with Gasteiger partial charge in [-0.25, -0.2) is 10.1 Å². The number of hydrazine groups is 1. The fraction of sp³-hybridized carbons (Fsp3) is 0.333. The van der Waals surface area contributed by atoms with Gasteiger partial charge in [0, 0.05) is 17.7 Å². The van der Waals surface area contributed by atoms with Gasteiger partial charge in [0.05, 0.1) is 4.92 Å². The largest absolute Gasteiger partial charge is 0.314 e. The lowest BCUT2D eigenvalue weighted by Crippen LogP contribution is -2.43. The SMILES string of the molecule is CC1(C)c2ccc([N+](=O)[O-])cc2S(=O)(=O)N1[N+](=O)[O-]. The van der Waals surface area contributed by atoms with Crippen molar-refractivity contribution < 1.29 is 18.4 Å². The Balaban J connectivity index is 2.79. The quantitative estimate of drug-likeness (QED) is 0.591. The van der Waals surface area contributed by atoms with Gasteiger partial charge in [0.25, 0.3) is 5.69 Å². The Kier molecular flexibility index (Phi) is 2.53. The molecule has 0 saturated carbocycles. The number of hydrogen-bond acceptors (Lipinski definition) is 6. The van der Waals surface area contributed by atoms with Crippen molar-refractivity contribution in [1.82, 2.24) is 4.41 Å². The van der Waals surface area contributed by atoms with Crippen molar-refractivity contribution in [3.63, 3.8) is 0 Å². The van der Waals surface area contributed by atoms with Gasteiger partial charge in [-0.2, -0.15) is 8.42 Å². The Morgan fingerprint density at radius 2 is 1.79 bits per heavy atom. The van der Waals surface area contributed by atoms with Crippen molar-refractivity contribution >= 4 is 15.7 Å². The van der Waals surface area contributed by atoms with Gasteiger partial charge in [-0.1, -0.05) is 0 Å². The summed E-state index contributed by atoms with van der Waals surface area (Å²) in [6.45, 7) is 2.73. The lowest BCUT2D eigenvalue weighted by molar-refractivity contribution is -0.637. The molecule has 0 aromatic heterocycles. The second-order valence-corrected chi connectivity index (χ2v) is 6.22. The normalized spacial score (nSPS) is 18.9. The highest BCUT2D eigenvalue weighted by Gasteiger charge is 2.56. The highest BCUT2D eigenvalue weighted by Crippen LogP contribution is 2.44. The average Bonchev–Trinajstić information content (AvgIpc) is 2.41. The Morgan fingerprint density at radius 1 is 1.21 bits per heavy atom. The molecule has 1 aromatic carbocycles. The molecule has 2 rings (SSSR count). The van der Waals surface area contributed by atoms with E-state index in [1.807, 2.05) is 0 Å². The second kappa shape index (κ2) is 3.63. The summed E-state index contributed by atoms with van der Waals surface area (Å²) >= 11 is 0. The van der Waals surface area contributed by atoms with E-state index in [0.717, 1.165) is 12.1 Å². The number of nitrogens with zero attached hydrogens (tertiary/aromatic N) is 3. The van der Waals surface area contributed by atoms with Gasteiger partial charge in [-0.3, -0.25) is 10.1 Å². The number of non-ortho nitro benzene ring substituents is 1. The van der Waals surface area contributed by atoms with Crippen LogP contribution in [0, 0.1) is 20.2 Å². The number of benzene rings is 1. The van der Waals surface area contributed by atoms with Crippen molar-refractivity contribution in [3.8, 4) is 0 Å². The molecule has 0 amide bonds. The molecule has 1 aliphatic rings. The zero-order chi connectivity index (χ0) is 14.6. The van der Waals surface area contributed by atoms with Gasteiger partial charge in [-0.15, -0.1) is 0 Å². The first-order valence-electron chi connectivity index (χ1n) is 5.09. The predicted molar refractivity (Wildman–Crippen MR) is 62.1 cm³/mol. The molecular formula is C9H9N3O6S. The van der Waals surface area contributed by atoms with Gasteiger partial charge in [0.15, 0.2) is 5.03 Å². The standard InChI is InChI=1S/C9H9N3O6S/c1-9(2)7-4-3-6(10(13)14)5-8(7)19(17,18)11(9)12(15)16/h3-5H,1-2H3. The molecule has 0 N–H and O–H groups in total. The average molecular weight is 287 g/mol. The molecule has 0 spiro atoms. The summed E-state index contributed by atoms with van der Waals surface area (Å²) in [6, 6.07) is 3.20. The zero-order valence-corrected chi connectivity index (χ0v) is 10.7.